The van der Waals surface area contributed by atoms with Gasteiger partial charge >= 0.3 is 6.18 Å². The van der Waals surface area contributed by atoms with E-state index in [0.29, 0.717) is 0 Å². The monoisotopic (exact) mass is 338 g/mol. The number of rotatable bonds is 5. The van der Waals surface area contributed by atoms with Gasteiger partial charge in [0.15, 0.2) is 5.65 Å². The van der Waals surface area contributed by atoms with E-state index in [2.05, 4.69) is 28.4 Å². The molecule has 2 N–H and O–H groups in total. The highest BCUT2D eigenvalue weighted by Crippen LogP contribution is 2.28. The SMILES string of the molecule is C=C/C=C(\C=C)CNc1cc(=O)n(O)c2nc(C(F)(F)F)ncc12. The summed E-state index contributed by atoms with van der Waals surface area (Å²) in [6, 6.07) is 1.04. The topological polar surface area (TPSA) is 80.0 Å². The van der Waals surface area contributed by atoms with E-state index < -0.39 is 23.2 Å². The smallest absolute Gasteiger partial charge is 0.423 e. The highest BCUT2D eigenvalue weighted by atomic mass is 19.4. The zero-order valence-electron chi connectivity index (χ0n) is 12.3. The van der Waals surface area contributed by atoms with Crippen LogP contribution in [-0.4, -0.2) is 26.5 Å². The van der Waals surface area contributed by atoms with E-state index in [1.807, 2.05) is 0 Å². The minimum Gasteiger partial charge on any atom is -0.423 e. The summed E-state index contributed by atoms with van der Waals surface area (Å²) < 4.78 is 38.1. The number of nitrogens with one attached hydrogen (secondary N) is 1. The molecule has 0 spiro atoms. The van der Waals surface area contributed by atoms with Gasteiger partial charge < -0.3 is 10.5 Å². The number of fused-ring (bicyclic) bond motifs is 1. The van der Waals surface area contributed by atoms with Crippen LogP contribution in [0.15, 0.2) is 54.0 Å². The molecule has 0 aliphatic heterocycles. The van der Waals surface area contributed by atoms with Gasteiger partial charge in [-0.15, -0.1) is 4.73 Å². The minimum absolute atomic E-state index is 0.0470. The maximum absolute atomic E-state index is 12.7. The molecule has 0 saturated carbocycles. The van der Waals surface area contributed by atoms with E-state index in [1.165, 1.54) is 0 Å². The van der Waals surface area contributed by atoms with Crippen LogP contribution in [0.1, 0.15) is 5.82 Å². The van der Waals surface area contributed by atoms with Gasteiger partial charge in [0.05, 0.1) is 11.1 Å². The van der Waals surface area contributed by atoms with Crippen molar-refractivity contribution < 1.29 is 18.4 Å². The maximum Gasteiger partial charge on any atom is 0.451 e. The third-order valence-corrected chi connectivity index (χ3v) is 3.07. The van der Waals surface area contributed by atoms with Crippen LogP contribution in [0.2, 0.25) is 0 Å². The van der Waals surface area contributed by atoms with Crippen LogP contribution in [-0.2, 0) is 6.18 Å². The van der Waals surface area contributed by atoms with Crippen molar-refractivity contribution in [1.29, 1.82) is 0 Å². The summed E-state index contributed by atoms with van der Waals surface area (Å²) in [6.45, 7) is 7.40. The Balaban J connectivity index is 2.54. The quantitative estimate of drug-likeness (QED) is 0.647. The summed E-state index contributed by atoms with van der Waals surface area (Å²) in [4.78, 5) is 18.2. The average Bonchev–Trinajstić information content (AvgIpc) is 2.54. The van der Waals surface area contributed by atoms with Crippen molar-refractivity contribution in [2.45, 2.75) is 6.18 Å². The largest absolute Gasteiger partial charge is 0.451 e. The van der Waals surface area contributed by atoms with Crippen LogP contribution in [0, 0.1) is 0 Å². The Morgan fingerprint density at radius 3 is 2.71 bits per heavy atom. The predicted octanol–water partition coefficient (Wildman–Crippen LogP) is 2.76. The third-order valence-electron chi connectivity index (χ3n) is 3.07. The molecule has 6 nitrogen and oxygen atoms in total. The molecule has 0 aliphatic carbocycles. The third kappa shape index (κ3) is 3.45. The van der Waals surface area contributed by atoms with E-state index >= 15 is 0 Å². The lowest BCUT2D eigenvalue weighted by Gasteiger charge is -2.12. The van der Waals surface area contributed by atoms with Crippen LogP contribution in [0.4, 0.5) is 18.9 Å². The van der Waals surface area contributed by atoms with Gasteiger partial charge in [-0.25, -0.2) is 9.97 Å². The number of nitrogens with zero attached hydrogens (tertiary/aromatic N) is 3. The molecule has 0 atom stereocenters. The second-order valence-corrected chi connectivity index (χ2v) is 4.67. The molecule has 0 radical (unpaired) electrons. The molecule has 0 saturated heterocycles. The predicted molar refractivity (Wildman–Crippen MR) is 83.0 cm³/mol. The van der Waals surface area contributed by atoms with Crippen LogP contribution in [0.3, 0.4) is 0 Å². The summed E-state index contributed by atoms with van der Waals surface area (Å²) in [5.74, 6) is -1.45. The van der Waals surface area contributed by atoms with Crippen LogP contribution in [0.5, 0.6) is 0 Å². The Hall–Kier alpha value is -3.10. The number of hydrogen-bond donors (Lipinski definition) is 2. The average molecular weight is 338 g/mol. The lowest BCUT2D eigenvalue weighted by atomic mass is 10.2. The molecule has 0 unspecified atom stereocenters. The molecule has 0 aromatic carbocycles. The molecule has 0 fully saturated rings. The Morgan fingerprint density at radius 1 is 1.42 bits per heavy atom. The number of hydrogen-bond acceptors (Lipinski definition) is 5. The first-order valence-corrected chi connectivity index (χ1v) is 6.65. The normalized spacial score (nSPS) is 12.2. The second-order valence-electron chi connectivity index (χ2n) is 4.67. The molecule has 2 rings (SSSR count). The van der Waals surface area contributed by atoms with Crippen LogP contribution < -0.4 is 10.9 Å². The molecule has 2 aromatic rings. The Bertz CT molecular complexity index is 885. The summed E-state index contributed by atoms with van der Waals surface area (Å²) >= 11 is 0. The van der Waals surface area contributed by atoms with E-state index in [0.717, 1.165) is 17.8 Å². The van der Waals surface area contributed by atoms with Crippen molar-refractivity contribution in [2.75, 3.05) is 11.9 Å². The summed E-state index contributed by atoms with van der Waals surface area (Å²) in [5, 5.41) is 12.6. The van der Waals surface area contributed by atoms with Gasteiger partial charge in [-0.3, -0.25) is 4.79 Å². The lowest BCUT2D eigenvalue weighted by molar-refractivity contribution is -0.144. The Kier molecular flexibility index (Phi) is 4.72. The van der Waals surface area contributed by atoms with E-state index in [4.69, 9.17) is 0 Å². The first-order chi connectivity index (χ1) is 11.3. The van der Waals surface area contributed by atoms with Crippen molar-refractivity contribution in [3.8, 4) is 0 Å². The minimum atomic E-state index is -4.80. The number of aromatic nitrogens is 3. The van der Waals surface area contributed by atoms with Gasteiger partial charge in [0, 0.05) is 18.8 Å². The summed E-state index contributed by atoms with van der Waals surface area (Å²) in [7, 11) is 0. The van der Waals surface area contributed by atoms with Gasteiger partial charge in [-0.2, -0.15) is 13.2 Å². The van der Waals surface area contributed by atoms with E-state index in [9.17, 15) is 23.2 Å². The van der Waals surface area contributed by atoms with Gasteiger partial charge in [0.25, 0.3) is 5.56 Å². The van der Waals surface area contributed by atoms with Crippen molar-refractivity contribution in [3.05, 3.63) is 65.4 Å². The van der Waals surface area contributed by atoms with Gasteiger partial charge in [-0.05, 0) is 5.57 Å². The van der Waals surface area contributed by atoms with Crippen LogP contribution >= 0.6 is 0 Å². The highest BCUT2D eigenvalue weighted by Gasteiger charge is 2.35. The molecule has 0 aliphatic rings. The second kappa shape index (κ2) is 6.57. The van der Waals surface area contributed by atoms with Gasteiger partial charge in [-0.1, -0.05) is 31.4 Å². The fourth-order valence-electron chi connectivity index (χ4n) is 1.92. The number of alkyl halides is 3. The number of allylic oxidation sites excluding steroid dienone is 2. The summed E-state index contributed by atoms with van der Waals surface area (Å²) in [5.41, 5.74) is -0.546. The van der Waals surface area contributed by atoms with E-state index in [-0.39, 0.29) is 22.3 Å². The van der Waals surface area contributed by atoms with E-state index in [1.54, 1.807) is 18.2 Å². The standard InChI is InChI=1S/C15H13F3N4O2/c1-3-5-9(4-2)7-19-11-6-12(23)22(24)13-10(11)8-20-14(21-13)15(16,17)18/h3-6,8,19,24H,1-2,7H2/b9-5+. The molecule has 0 amide bonds. The van der Waals surface area contributed by atoms with Gasteiger partial charge in [0.1, 0.15) is 0 Å². The molecule has 24 heavy (non-hydrogen) atoms. The lowest BCUT2D eigenvalue weighted by Crippen LogP contribution is -2.21. The molecular formula is C15H13F3N4O2. The first kappa shape index (κ1) is 17.3. The molecule has 9 heteroatoms. The summed E-state index contributed by atoms with van der Waals surface area (Å²) in [6.07, 6.45) is 0.873. The number of halogens is 3. The fourth-order valence-corrected chi connectivity index (χ4v) is 1.92. The Labute approximate surface area is 134 Å². The van der Waals surface area contributed by atoms with Crippen LogP contribution in [0.25, 0.3) is 11.0 Å². The van der Waals surface area contributed by atoms with Crippen molar-refractivity contribution in [2.24, 2.45) is 0 Å². The molecule has 0 bridgehead atoms. The maximum atomic E-state index is 12.7. The molecule has 2 aromatic heterocycles. The molecule has 126 valence electrons. The zero-order chi connectivity index (χ0) is 17.9. The zero-order valence-corrected chi connectivity index (χ0v) is 12.3. The number of anilines is 1. The van der Waals surface area contributed by atoms with Crippen molar-refractivity contribution in [3.63, 3.8) is 0 Å². The van der Waals surface area contributed by atoms with Crippen molar-refractivity contribution >= 4 is 16.7 Å². The highest BCUT2D eigenvalue weighted by molar-refractivity contribution is 5.88. The molecular weight excluding hydrogens is 325 g/mol. The number of pyridine rings is 1. The molecule has 2 heterocycles. The van der Waals surface area contributed by atoms with Crippen molar-refractivity contribution in [1.82, 2.24) is 14.7 Å². The first-order valence-electron chi connectivity index (χ1n) is 6.65. The van der Waals surface area contributed by atoms with Gasteiger partial charge in [0.2, 0.25) is 5.82 Å². The fraction of sp³-hybridized carbons (Fsp3) is 0.133. The Morgan fingerprint density at radius 2 is 2.12 bits per heavy atom.